The van der Waals surface area contributed by atoms with Gasteiger partial charge in [0.05, 0.1) is 6.10 Å². The molecule has 2 rings (SSSR count). The Hall–Kier alpha value is -1.46. The van der Waals surface area contributed by atoms with Gasteiger partial charge in [0, 0.05) is 12.7 Å². The SMILES string of the molecule is Cc1nc2cc(C(O)CN)ccn2n1. The molecule has 5 heteroatoms. The lowest BCUT2D eigenvalue weighted by Gasteiger charge is -2.06. The molecule has 0 radical (unpaired) electrons. The van der Waals surface area contributed by atoms with Crippen LogP contribution in [-0.4, -0.2) is 26.2 Å². The zero-order valence-electron chi connectivity index (χ0n) is 7.88. The molecule has 2 aromatic rings. The molecule has 0 aliphatic rings. The van der Waals surface area contributed by atoms with Crippen molar-refractivity contribution in [1.82, 2.24) is 14.6 Å². The minimum absolute atomic E-state index is 0.212. The average Bonchev–Trinajstić information content (AvgIpc) is 2.55. The van der Waals surface area contributed by atoms with Crippen LogP contribution < -0.4 is 5.73 Å². The molecule has 2 heterocycles. The molecule has 1 unspecified atom stereocenters. The van der Waals surface area contributed by atoms with Crippen molar-refractivity contribution in [1.29, 1.82) is 0 Å². The molecule has 0 spiro atoms. The van der Waals surface area contributed by atoms with Gasteiger partial charge in [-0.15, -0.1) is 0 Å². The third-order valence-corrected chi connectivity index (χ3v) is 2.08. The first-order chi connectivity index (χ1) is 6.70. The molecule has 14 heavy (non-hydrogen) atoms. The van der Waals surface area contributed by atoms with Crippen LogP contribution >= 0.6 is 0 Å². The fourth-order valence-corrected chi connectivity index (χ4v) is 1.35. The van der Waals surface area contributed by atoms with E-state index in [-0.39, 0.29) is 6.54 Å². The highest BCUT2D eigenvalue weighted by atomic mass is 16.3. The van der Waals surface area contributed by atoms with E-state index in [0.717, 1.165) is 11.2 Å². The predicted octanol–water partition coefficient (Wildman–Crippen LogP) is 0.0298. The van der Waals surface area contributed by atoms with Gasteiger partial charge >= 0.3 is 0 Å². The lowest BCUT2D eigenvalue weighted by molar-refractivity contribution is 0.186. The van der Waals surface area contributed by atoms with Crippen LogP contribution in [0.4, 0.5) is 0 Å². The van der Waals surface area contributed by atoms with Gasteiger partial charge in [0.15, 0.2) is 5.65 Å². The molecule has 0 amide bonds. The summed E-state index contributed by atoms with van der Waals surface area (Å²) < 4.78 is 1.67. The predicted molar refractivity (Wildman–Crippen MR) is 51.7 cm³/mol. The highest BCUT2D eigenvalue weighted by Crippen LogP contribution is 2.12. The third kappa shape index (κ3) is 1.47. The summed E-state index contributed by atoms with van der Waals surface area (Å²) in [6.45, 7) is 2.04. The summed E-state index contributed by atoms with van der Waals surface area (Å²) in [5, 5.41) is 13.6. The van der Waals surface area contributed by atoms with Crippen LogP contribution in [0, 0.1) is 6.92 Å². The second kappa shape index (κ2) is 3.36. The number of aromatic nitrogens is 3. The highest BCUT2D eigenvalue weighted by Gasteiger charge is 2.07. The molecule has 0 aliphatic carbocycles. The number of hydrogen-bond donors (Lipinski definition) is 2. The first-order valence-corrected chi connectivity index (χ1v) is 4.42. The zero-order valence-corrected chi connectivity index (χ0v) is 7.88. The van der Waals surface area contributed by atoms with Crippen molar-refractivity contribution in [3.05, 3.63) is 29.7 Å². The van der Waals surface area contributed by atoms with E-state index in [2.05, 4.69) is 10.1 Å². The van der Waals surface area contributed by atoms with Gasteiger partial charge in [-0.3, -0.25) is 0 Å². The minimum Gasteiger partial charge on any atom is -0.387 e. The number of pyridine rings is 1. The molecule has 3 N–H and O–H groups in total. The first kappa shape index (κ1) is 9.11. The minimum atomic E-state index is -0.628. The van der Waals surface area contributed by atoms with E-state index in [1.165, 1.54) is 0 Å². The van der Waals surface area contributed by atoms with Crippen molar-refractivity contribution in [3.63, 3.8) is 0 Å². The Morgan fingerprint density at radius 1 is 1.64 bits per heavy atom. The molecule has 5 nitrogen and oxygen atoms in total. The van der Waals surface area contributed by atoms with Crippen molar-refractivity contribution in [2.45, 2.75) is 13.0 Å². The van der Waals surface area contributed by atoms with Crippen molar-refractivity contribution in [3.8, 4) is 0 Å². The van der Waals surface area contributed by atoms with E-state index in [1.54, 1.807) is 22.8 Å². The van der Waals surface area contributed by atoms with Gasteiger partial charge in [-0.2, -0.15) is 5.10 Å². The molecule has 2 aromatic heterocycles. The summed E-state index contributed by atoms with van der Waals surface area (Å²) in [4.78, 5) is 4.19. The molecule has 0 bridgehead atoms. The number of aliphatic hydroxyl groups is 1. The molecule has 0 saturated carbocycles. The number of aryl methyl sites for hydroxylation is 1. The van der Waals surface area contributed by atoms with Gasteiger partial charge in [0.1, 0.15) is 5.82 Å². The smallest absolute Gasteiger partial charge is 0.155 e. The number of hydrogen-bond acceptors (Lipinski definition) is 4. The number of aliphatic hydroxyl groups excluding tert-OH is 1. The molecule has 1 atom stereocenters. The van der Waals surface area contributed by atoms with E-state index in [4.69, 9.17) is 5.73 Å². The maximum absolute atomic E-state index is 9.51. The molecule has 74 valence electrons. The molecule has 0 fully saturated rings. The van der Waals surface area contributed by atoms with Crippen LogP contribution in [0.3, 0.4) is 0 Å². The third-order valence-electron chi connectivity index (χ3n) is 2.08. The number of fused-ring (bicyclic) bond motifs is 1. The number of nitrogens with two attached hydrogens (primary N) is 1. The van der Waals surface area contributed by atoms with Crippen molar-refractivity contribution < 1.29 is 5.11 Å². The summed E-state index contributed by atoms with van der Waals surface area (Å²) >= 11 is 0. The Balaban J connectivity index is 2.50. The Morgan fingerprint density at radius 3 is 3.14 bits per heavy atom. The summed E-state index contributed by atoms with van der Waals surface area (Å²) in [7, 11) is 0. The molecule has 0 aromatic carbocycles. The van der Waals surface area contributed by atoms with Gasteiger partial charge < -0.3 is 10.8 Å². The van der Waals surface area contributed by atoms with Crippen molar-refractivity contribution in [2.75, 3.05) is 6.54 Å². The largest absolute Gasteiger partial charge is 0.387 e. The van der Waals surface area contributed by atoms with Crippen LogP contribution in [0.5, 0.6) is 0 Å². The Morgan fingerprint density at radius 2 is 2.43 bits per heavy atom. The Bertz CT molecular complexity index is 451. The summed E-state index contributed by atoms with van der Waals surface area (Å²) in [5.74, 6) is 0.712. The summed E-state index contributed by atoms with van der Waals surface area (Å²) in [6, 6.07) is 3.58. The Labute approximate surface area is 81.2 Å². The average molecular weight is 192 g/mol. The van der Waals surface area contributed by atoms with E-state index in [0.29, 0.717) is 5.82 Å². The van der Waals surface area contributed by atoms with Crippen LogP contribution in [-0.2, 0) is 0 Å². The molecule has 0 saturated heterocycles. The zero-order chi connectivity index (χ0) is 10.1. The summed E-state index contributed by atoms with van der Waals surface area (Å²) in [6.07, 6.45) is 1.14. The standard InChI is InChI=1S/C9H12N4O/c1-6-11-9-4-7(8(14)5-10)2-3-13(9)12-6/h2-4,8,14H,5,10H2,1H3. The van der Waals surface area contributed by atoms with E-state index in [1.807, 2.05) is 6.92 Å². The van der Waals surface area contributed by atoms with E-state index >= 15 is 0 Å². The maximum Gasteiger partial charge on any atom is 0.155 e. The Kier molecular flexibility index (Phi) is 2.18. The van der Waals surface area contributed by atoms with Crippen molar-refractivity contribution >= 4 is 5.65 Å². The maximum atomic E-state index is 9.51. The highest BCUT2D eigenvalue weighted by molar-refractivity contribution is 5.41. The second-order valence-corrected chi connectivity index (χ2v) is 3.17. The monoisotopic (exact) mass is 192 g/mol. The lowest BCUT2D eigenvalue weighted by atomic mass is 10.1. The number of nitrogens with zero attached hydrogens (tertiary/aromatic N) is 3. The topological polar surface area (TPSA) is 76.4 Å². The number of rotatable bonds is 2. The van der Waals surface area contributed by atoms with E-state index in [9.17, 15) is 5.11 Å². The first-order valence-electron chi connectivity index (χ1n) is 4.42. The summed E-state index contributed by atoms with van der Waals surface area (Å²) in [5.41, 5.74) is 6.86. The molecule has 0 aliphatic heterocycles. The van der Waals surface area contributed by atoms with Crippen LogP contribution in [0.15, 0.2) is 18.3 Å². The lowest BCUT2D eigenvalue weighted by Crippen LogP contribution is -2.11. The second-order valence-electron chi connectivity index (χ2n) is 3.17. The normalized spacial score (nSPS) is 13.4. The van der Waals surface area contributed by atoms with Gasteiger partial charge in [0.2, 0.25) is 0 Å². The van der Waals surface area contributed by atoms with Crippen molar-refractivity contribution in [2.24, 2.45) is 5.73 Å². The van der Waals surface area contributed by atoms with Gasteiger partial charge in [-0.1, -0.05) is 0 Å². The van der Waals surface area contributed by atoms with Crippen LogP contribution in [0.25, 0.3) is 5.65 Å². The quantitative estimate of drug-likeness (QED) is 0.703. The van der Waals surface area contributed by atoms with Gasteiger partial charge in [-0.05, 0) is 24.6 Å². The van der Waals surface area contributed by atoms with E-state index < -0.39 is 6.10 Å². The van der Waals surface area contributed by atoms with Crippen LogP contribution in [0.1, 0.15) is 17.5 Å². The van der Waals surface area contributed by atoms with Gasteiger partial charge in [0.25, 0.3) is 0 Å². The van der Waals surface area contributed by atoms with Crippen LogP contribution in [0.2, 0.25) is 0 Å². The fraction of sp³-hybridized carbons (Fsp3) is 0.333. The fourth-order valence-electron chi connectivity index (χ4n) is 1.35. The molecular weight excluding hydrogens is 180 g/mol. The van der Waals surface area contributed by atoms with Gasteiger partial charge in [-0.25, -0.2) is 9.50 Å². The molecular formula is C9H12N4O.